The predicted octanol–water partition coefficient (Wildman–Crippen LogP) is 3.65. The molecule has 0 radical (unpaired) electrons. The van der Waals surface area contributed by atoms with Crippen molar-refractivity contribution < 1.29 is 9.59 Å². The van der Waals surface area contributed by atoms with E-state index in [1.165, 1.54) is 0 Å². The number of carbonyl (C=O) groups excluding carboxylic acids is 2. The van der Waals surface area contributed by atoms with Gasteiger partial charge in [-0.05, 0) is 37.5 Å². The van der Waals surface area contributed by atoms with Crippen molar-refractivity contribution in [2.45, 2.75) is 25.4 Å². The summed E-state index contributed by atoms with van der Waals surface area (Å²) in [4.78, 5) is 31.8. The van der Waals surface area contributed by atoms with Crippen molar-refractivity contribution in [1.29, 1.82) is 0 Å². The monoisotopic (exact) mass is 396 g/mol. The van der Waals surface area contributed by atoms with Crippen LogP contribution >= 0.6 is 11.6 Å². The molecule has 2 heterocycles. The first kappa shape index (κ1) is 18.5. The summed E-state index contributed by atoms with van der Waals surface area (Å²) in [5.74, 6) is -0.375. The fourth-order valence-corrected chi connectivity index (χ4v) is 3.68. The summed E-state index contributed by atoms with van der Waals surface area (Å²) >= 11 is 6.20. The van der Waals surface area contributed by atoms with Crippen LogP contribution in [0.4, 0.5) is 10.5 Å². The number of halogens is 1. The van der Waals surface area contributed by atoms with Gasteiger partial charge < -0.3 is 15.5 Å². The summed E-state index contributed by atoms with van der Waals surface area (Å²) in [7, 11) is 0. The Kier molecular flexibility index (Phi) is 5.30. The number of hydrogen-bond acceptors (Lipinski definition) is 3. The average molecular weight is 397 g/mol. The van der Waals surface area contributed by atoms with Gasteiger partial charge in [0.25, 0.3) is 5.91 Å². The van der Waals surface area contributed by atoms with Crippen LogP contribution < -0.4 is 10.6 Å². The highest BCUT2D eigenvalue weighted by atomic mass is 35.5. The fourth-order valence-electron chi connectivity index (χ4n) is 3.51. The number of aliphatic imine (C=N–C) groups is 1. The lowest BCUT2D eigenvalue weighted by molar-refractivity contribution is -0.117. The minimum absolute atomic E-state index is 0.264. The fraction of sp³-hybridized carbons (Fsp3) is 0.286. The minimum atomic E-state index is -1.02. The van der Waals surface area contributed by atoms with E-state index in [0.29, 0.717) is 29.5 Å². The van der Waals surface area contributed by atoms with Crippen LogP contribution in [-0.2, 0) is 4.79 Å². The maximum atomic E-state index is 12.8. The van der Waals surface area contributed by atoms with Gasteiger partial charge in [-0.15, -0.1) is 0 Å². The quantitative estimate of drug-likeness (QED) is 0.813. The number of urea groups is 1. The number of rotatable bonds is 2. The molecule has 3 amide bonds. The first-order valence-corrected chi connectivity index (χ1v) is 9.79. The SMILES string of the molecule is O=C1Nc2ccc(Cl)cc2C(c2ccccc2)=NC1NC(=O)N1CCCCC1. The molecule has 2 aromatic rings. The Morgan fingerprint density at radius 1 is 1.11 bits per heavy atom. The van der Waals surface area contributed by atoms with Crippen LogP contribution in [0.3, 0.4) is 0 Å². The van der Waals surface area contributed by atoms with Crippen molar-refractivity contribution in [2.24, 2.45) is 4.99 Å². The number of piperidine rings is 1. The number of benzene rings is 2. The first-order chi connectivity index (χ1) is 13.6. The summed E-state index contributed by atoms with van der Waals surface area (Å²) in [6, 6.07) is 14.5. The van der Waals surface area contributed by atoms with Gasteiger partial charge in [-0.2, -0.15) is 0 Å². The van der Waals surface area contributed by atoms with Crippen LogP contribution in [0.15, 0.2) is 53.5 Å². The second-order valence-electron chi connectivity index (χ2n) is 6.92. The predicted molar refractivity (Wildman–Crippen MR) is 110 cm³/mol. The topological polar surface area (TPSA) is 73.8 Å². The highest BCUT2D eigenvalue weighted by molar-refractivity contribution is 6.32. The molecule has 2 aliphatic heterocycles. The minimum Gasteiger partial charge on any atom is -0.325 e. The Labute approximate surface area is 168 Å². The number of fused-ring (bicyclic) bond motifs is 1. The zero-order valence-electron chi connectivity index (χ0n) is 15.3. The van der Waals surface area contributed by atoms with Crippen LogP contribution in [0, 0.1) is 0 Å². The van der Waals surface area contributed by atoms with Gasteiger partial charge >= 0.3 is 6.03 Å². The molecule has 2 aliphatic rings. The zero-order valence-corrected chi connectivity index (χ0v) is 16.1. The molecule has 0 bridgehead atoms. The van der Waals surface area contributed by atoms with E-state index in [0.717, 1.165) is 30.4 Å². The van der Waals surface area contributed by atoms with Crippen molar-refractivity contribution in [1.82, 2.24) is 10.2 Å². The molecule has 1 fully saturated rings. The van der Waals surface area contributed by atoms with E-state index in [1.54, 1.807) is 23.1 Å². The molecule has 28 heavy (non-hydrogen) atoms. The van der Waals surface area contributed by atoms with Gasteiger partial charge in [0.1, 0.15) is 0 Å². The van der Waals surface area contributed by atoms with Crippen molar-refractivity contribution >= 4 is 34.9 Å². The van der Waals surface area contributed by atoms with Crippen LogP contribution in [0.25, 0.3) is 0 Å². The van der Waals surface area contributed by atoms with E-state index in [-0.39, 0.29) is 11.9 Å². The normalized spacial score (nSPS) is 19.2. The molecule has 6 nitrogen and oxygen atoms in total. The van der Waals surface area contributed by atoms with Crippen molar-refractivity contribution in [3.63, 3.8) is 0 Å². The maximum Gasteiger partial charge on any atom is 0.319 e. The number of benzodiazepines with no additional fused rings is 1. The second-order valence-corrected chi connectivity index (χ2v) is 7.36. The van der Waals surface area contributed by atoms with Gasteiger partial charge in [-0.1, -0.05) is 41.9 Å². The first-order valence-electron chi connectivity index (χ1n) is 9.41. The van der Waals surface area contributed by atoms with Crippen molar-refractivity contribution in [3.05, 3.63) is 64.7 Å². The number of amides is 3. The number of carbonyl (C=O) groups is 2. The third-order valence-electron chi connectivity index (χ3n) is 4.95. The standard InChI is InChI=1S/C21H21ClN4O2/c22-15-9-10-17-16(13-15)18(14-7-3-1-4-8-14)24-19(20(27)23-17)25-21(28)26-11-5-2-6-12-26/h1,3-4,7-10,13,19H,2,5-6,11-12H2,(H,23,27)(H,25,28). The molecule has 0 aliphatic carbocycles. The van der Waals surface area contributed by atoms with E-state index < -0.39 is 6.17 Å². The second kappa shape index (κ2) is 8.02. The van der Waals surface area contributed by atoms with Crippen molar-refractivity contribution in [3.8, 4) is 0 Å². The van der Waals surface area contributed by atoms with E-state index in [2.05, 4.69) is 15.6 Å². The molecule has 1 atom stereocenters. The van der Waals surface area contributed by atoms with Gasteiger partial charge in [0.05, 0.1) is 11.4 Å². The Bertz CT molecular complexity index is 923. The number of anilines is 1. The molecule has 1 unspecified atom stereocenters. The third-order valence-corrected chi connectivity index (χ3v) is 5.19. The summed E-state index contributed by atoms with van der Waals surface area (Å²) in [5, 5.41) is 6.19. The van der Waals surface area contributed by atoms with Crippen molar-refractivity contribution in [2.75, 3.05) is 18.4 Å². The van der Waals surface area contributed by atoms with E-state index in [1.807, 2.05) is 30.3 Å². The lowest BCUT2D eigenvalue weighted by atomic mass is 10.0. The van der Waals surface area contributed by atoms with E-state index in [9.17, 15) is 9.59 Å². The molecule has 2 N–H and O–H groups in total. The Morgan fingerprint density at radius 3 is 2.61 bits per heavy atom. The Hall–Kier alpha value is -2.86. The highest BCUT2D eigenvalue weighted by Gasteiger charge is 2.29. The number of hydrogen-bond donors (Lipinski definition) is 2. The number of nitrogens with zero attached hydrogens (tertiary/aromatic N) is 2. The van der Waals surface area contributed by atoms with Gasteiger partial charge in [-0.3, -0.25) is 4.79 Å². The summed E-state index contributed by atoms with van der Waals surface area (Å²) in [6.45, 7) is 1.40. The summed E-state index contributed by atoms with van der Waals surface area (Å²) < 4.78 is 0. The molecule has 2 aromatic carbocycles. The highest BCUT2D eigenvalue weighted by Crippen LogP contribution is 2.27. The molecule has 144 valence electrons. The molecule has 0 aromatic heterocycles. The maximum absolute atomic E-state index is 12.8. The van der Waals surface area contributed by atoms with E-state index >= 15 is 0 Å². The van der Waals surface area contributed by atoms with Gasteiger partial charge in [-0.25, -0.2) is 9.79 Å². The average Bonchev–Trinajstić information content (AvgIpc) is 2.86. The summed E-state index contributed by atoms with van der Waals surface area (Å²) in [5.41, 5.74) is 2.80. The third kappa shape index (κ3) is 3.87. The van der Waals surface area contributed by atoms with E-state index in [4.69, 9.17) is 11.6 Å². The van der Waals surface area contributed by atoms with Gasteiger partial charge in [0.2, 0.25) is 6.17 Å². The Balaban J connectivity index is 1.70. The lowest BCUT2D eigenvalue weighted by Crippen LogP contribution is -2.50. The number of likely N-dealkylation sites (tertiary alicyclic amines) is 1. The largest absolute Gasteiger partial charge is 0.325 e. The molecule has 0 saturated carbocycles. The molecular formula is C21H21ClN4O2. The number of nitrogens with one attached hydrogen (secondary N) is 2. The van der Waals surface area contributed by atoms with Crippen LogP contribution in [-0.4, -0.2) is 41.8 Å². The smallest absolute Gasteiger partial charge is 0.319 e. The molecule has 4 rings (SSSR count). The zero-order chi connectivity index (χ0) is 19.5. The van der Waals surface area contributed by atoms with Gasteiger partial charge in [0.15, 0.2) is 0 Å². The molecular weight excluding hydrogens is 376 g/mol. The van der Waals surface area contributed by atoms with Gasteiger partial charge in [0, 0.05) is 29.2 Å². The molecule has 7 heteroatoms. The molecule has 1 saturated heterocycles. The lowest BCUT2D eigenvalue weighted by Gasteiger charge is -2.28. The molecule has 0 spiro atoms. The van der Waals surface area contributed by atoms with Crippen LogP contribution in [0.2, 0.25) is 5.02 Å². The van der Waals surface area contributed by atoms with Crippen LogP contribution in [0.1, 0.15) is 30.4 Å². The Morgan fingerprint density at radius 2 is 1.86 bits per heavy atom. The van der Waals surface area contributed by atoms with Crippen LogP contribution in [0.5, 0.6) is 0 Å². The summed E-state index contributed by atoms with van der Waals surface area (Å²) in [6.07, 6.45) is 2.07.